The van der Waals surface area contributed by atoms with Gasteiger partial charge in [0.2, 0.25) is 0 Å². The average Bonchev–Trinajstić information content (AvgIpc) is 2.73. The molecule has 5 nitrogen and oxygen atoms in total. The minimum Gasteiger partial charge on any atom is -0.384 e. The number of hydrogen-bond donors (Lipinski definition) is 2. The van der Waals surface area contributed by atoms with E-state index in [4.69, 9.17) is 4.74 Å². The van der Waals surface area contributed by atoms with Crippen LogP contribution < -0.4 is 5.32 Å². The molecule has 2 N–H and O–H groups in total. The number of ether oxygens (including phenoxy) is 1. The highest BCUT2D eigenvalue weighted by molar-refractivity contribution is 5.86. The first-order valence-corrected chi connectivity index (χ1v) is 4.86. The Morgan fingerprint density at radius 3 is 3.07 bits per heavy atom. The number of methoxy groups -OCH3 is 1. The van der Waals surface area contributed by atoms with Crippen molar-refractivity contribution >= 4 is 16.9 Å². The molecule has 0 unspecified atom stereocenters. The van der Waals surface area contributed by atoms with Gasteiger partial charge in [-0.3, -0.25) is 0 Å². The molecule has 0 aliphatic heterocycles. The maximum Gasteiger partial charge on any atom is 0.143 e. The molecule has 0 aliphatic rings. The van der Waals surface area contributed by atoms with Crippen LogP contribution in [0.1, 0.15) is 5.82 Å². The van der Waals surface area contributed by atoms with Crippen molar-refractivity contribution in [1.29, 1.82) is 0 Å². The van der Waals surface area contributed by atoms with Gasteiger partial charge >= 0.3 is 0 Å². The Balaban J connectivity index is 2.40. The highest BCUT2D eigenvalue weighted by atomic mass is 16.5. The minimum absolute atomic E-state index is 0.634. The van der Waals surface area contributed by atoms with Gasteiger partial charge in [-0.05, 0) is 6.07 Å². The van der Waals surface area contributed by atoms with Gasteiger partial charge in [-0.25, -0.2) is 9.97 Å². The molecule has 0 bridgehead atoms. The van der Waals surface area contributed by atoms with E-state index in [1.54, 1.807) is 7.11 Å². The molecule has 0 amide bonds. The number of rotatable bonds is 4. The third-order valence-electron chi connectivity index (χ3n) is 2.23. The molecule has 0 aliphatic carbocycles. The third kappa shape index (κ3) is 1.92. The molecule has 80 valence electrons. The lowest BCUT2D eigenvalue weighted by Gasteiger charge is -2.04. The molecular formula is C10H14N4O. The number of aromatic nitrogens is 3. The second-order valence-corrected chi connectivity index (χ2v) is 3.22. The van der Waals surface area contributed by atoms with Crippen LogP contribution in [0.4, 0.5) is 5.82 Å². The van der Waals surface area contributed by atoms with E-state index in [0.29, 0.717) is 6.61 Å². The number of aromatic amines is 1. The van der Waals surface area contributed by atoms with Gasteiger partial charge in [-0.15, -0.1) is 0 Å². The molecule has 2 aromatic heterocycles. The van der Waals surface area contributed by atoms with Gasteiger partial charge in [-0.2, -0.15) is 0 Å². The number of H-pyrrole nitrogens is 1. The first kappa shape index (κ1) is 9.92. The van der Waals surface area contributed by atoms with Crippen LogP contribution >= 0.6 is 0 Å². The summed E-state index contributed by atoms with van der Waals surface area (Å²) in [6.45, 7) is 0.634. The molecule has 0 saturated heterocycles. The molecule has 0 spiro atoms. The van der Waals surface area contributed by atoms with Crippen molar-refractivity contribution in [3.63, 3.8) is 0 Å². The summed E-state index contributed by atoms with van der Waals surface area (Å²) in [5.41, 5.74) is 0.862. The van der Waals surface area contributed by atoms with Crippen LogP contribution in [0.25, 0.3) is 11.0 Å². The highest BCUT2D eigenvalue weighted by Crippen LogP contribution is 2.18. The number of anilines is 1. The molecule has 0 radical (unpaired) electrons. The van der Waals surface area contributed by atoms with Gasteiger partial charge in [0.15, 0.2) is 0 Å². The maximum atomic E-state index is 5.00. The van der Waals surface area contributed by atoms with Crippen LogP contribution in [0.5, 0.6) is 0 Å². The number of nitrogens with one attached hydrogen (secondary N) is 2. The lowest BCUT2D eigenvalue weighted by molar-refractivity contribution is 0.200. The van der Waals surface area contributed by atoms with E-state index in [1.165, 1.54) is 0 Å². The molecule has 2 heterocycles. The van der Waals surface area contributed by atoms with Gasteiger partial charge in [0.05, 0.1) is 12.0 Å². The molecule has 0 fully saturated rings. The first-order chi connectivity index (χ1) is 7.35. The van der Waals surface area contributed by atoms with Gasteiger partial charge in [0.25, 0.3) is 0 Å². The predicted molar refractivity (Wildman–Crippen MR) is 59.0 cm³/mol. The van der Waals surface area contributed by atoms with E-state index in [2.05, 4.69) is 20.3 Å². The summed E-state index contributed by atoms with van der Waals surface area (Å²) in [5.74, 6) is 1.64. The molecule has 5 heteroatoms. The summed E-state index contributed by atoms with van der Waals surface area (Å²) in [6.07, 6.45) is 2.58. The standard InChI is InChI=1S/C10H14N4O/c1-11-9-7-3-5-12-10(7)14-8(13-9)4-6-15-2/h3,5H,4,6H2,1-2H3,(H2,11,12,13,14). The Morgan fingerprint density at radius 1 is 1.47 bits per heavy atom. The summed E-state index contributed by atoms with van der Waals surface area (Å²) < 4.78 is 5.00. The zero-order valence-electron chi connectivity index (χ0n) is 8.87. The van der Waals surface area contributed by atoms with Crippen molar-refractivity contribution in [2.45, 2.75) is 6.42 Å². The van der Waals surface area contributed by atoms with Crippen molar-refractivity contribution in [1.82, 2.24) is 15.0 Å². The Kier molecular flexibility index (Phi) is 2.82. The van der Waals surface area contributed by atoms with E-state index >= 15 is 0 Å². The van der Waals surface area contributed by atoms with Crippen LogP contribution in [0.15, 0.2) is 12.3 Å². The van der Waals surface area contributed by atoms with E-state index in [-0.39, 0.29) is 0 Å². The highest BCUT2D eigenvalue weighted by Gasteiger charge is 2.06. The Labute approximate surface area is 87.9 Å². The van der Waals surface area contributed by atoms with E-state index in [0.717, 1.165) is 29.1 Å². The summed E-state index contributed by atoms with van der Waals surface area (Å²) in [4.78, 5) is 11.9. The van der Waals surface area contributed by atoms with Gasteiger partial charge < -0.3 is 15.0 Å². The van der Waals surface area contributed by atoms with Crippen molar-refractivity contribution in [2.75, 3.05) is 26.1 Å². The van der Waals surface area contributed by atoms with Crippen molar-refractivity contribution in [2.24, 2.45) is 0 Å². The molecule has 2 aromatic rings. The molecule has 0 atom stereocenters. The Bertz CT molecular complexity index is 452. The van der Waals surface area contributed by atoms with Crippen LogP contribution in [0, 0.1) is 0 Å². The first-order valence-electron chi connectivity index (χ1n) is 4.86. The fourth-order valence-corrected chi connectivity index (χ4v) is 1.48. The second kappa shape index (κ2) is 4.27. The Hall–Kier alpha value is -1.62. The minimum atomic E-state index is 0.634. The lowest BCUT2D eigenvalue weighted by Crippen LogP contribution is -2.04. The average molecular weight is 206 g/mol. The quantitative estimate of drug-likeness (QED) is 0.788. The second-order valence-electron chi connectivity index (χ2n) is 3.22. The van der Waals surface area contributed by atoms with E-state index < -0.39 is 0 Å². The lowest BCUT2D eigenvalue weighted by atomic mass is 10.3. The normalized spacial score (nSPS) is 10.8. The smallest absolute Gasteiger partial charge is 0.143 e. The molecule has 15 heavy (non-hydrogen) atoms. The molecule has 0 saturated carbocycles. The van der Waals surface area contributed by atoms with Crippen LogP contribution in [0.2, 0.25) is 0 Å². The number of nitrogens with zero attached hydrogens (tertiary/aromatic N) is 2. The van der Waals surface area contributed by atoms with Crippen LogP contribution in [-0.4, -0.2) is 35.7 Å². The zero-order valence-corrected chi connectivity index (χ0v) is 8.87. The van der Waals surface area contributed by atoms with Crippen LogP contribution in [0.3, 0.4) is 0 Å². The summed E-state index contributed by atoms with van der Waals surface area (Å²) in [5, 5.41) is 4.07. The number of hydrogen-bond acceptors (Lipinski definition) is 4. The monoisotopic (exact) mass is 206 g/mol. The van der Waals surface area contributed by atoms with Crippen LogP contribution in [-0.2, 0) is 11.2 Å². The summed E-state index contributed by atoms with van der Waals surface area (Å²) in [6, 6.07) is 1.96. The fourth-order valence-electron chi connectivity index (χ4n) is 1.48. The van der Waals surface area contributed by atoms with E-state index in [9.17, 15) is 0 Å². The predicted octanol–water partition coefficient (Wildman–Crippen LogP) is 1.19. The largest absolute Gasteiger partial charge is 0.384 e. The molecule has 2 rings (SSSR count). The number of fused-ring (bicyclic) bond motifs is 1. The summed E-state index contributed by atoms with van der Waals surface area (Å²) >= 11 is 0. The van der Waals surface area contributed by atoms with Crippen molar-refractivity contribution in [3.05, 3.63) is 18.1 Å². The fraction of sp³-hybridized carbons (Fsp3) is 0.400. The van der Waals surface area contributed by atoms with Crippen molar-refractivity contribution < 1.29 is 4.74 Å². The van der Waals surface area contributed by atoms with Gasteiger partial charge in [0, 0.05) is 26.8 Å². The molecule has 0 aromatic carbocycles. The summed E-state index contributed by atoms with van der Waals surface area (Å²) in [7, 11) is 3.53. The maximum absolute atomic E-state index is 5.00. The zero-order chi connectivity index (χ0) is 10.7. The van der Waals surface area contributed by atoms with Crippen molar-refractivity contribution in [3.8, 4) is 0 Å². The topological polar surface area (TPSA) is 62.8 Å². The van der Waals surface area contributed by atoms with E-state index in [1.807, 2.05) is 19.3 Å². The third-order valence-corrected chi connectivity index (χ3v) is 2.23. The van der Waals surface area contributed by atoms with Gasteiger partial charge in [-0.1, -0.05) is 0 Å². The Morgan fingerprint density at radius 2 is 2.33 bits per heavy atom. The van der Waals surface area contributed by atoms with Gasteiger partial charge in [0.1, 0.15) is 17.3 Å². The molecular weight excluding hydrogens is 192 g/mol. The SMILES string of the molecule is CNc1nc(CCOC)nc2[nH]ccc12.